The van der Waals surface area contributed by atoms with Gasteiger partial charge in [0.05, 0.1) is 0 Å². The van der Waals surface area contributed by atoms with Crippen LogP contribution in [0.15, 0.2) is 30.5 Å². The Labute approximate surface area is 83.8 Å². The Morgan fingerprint density at radius 2 is 2.00 bits per heavy atom. The molecule has 0 aliphatic rings. The van der Waals surface area contributed by atoms with E-state index in [4.69, 9.17) is 5.73 Å². The molecule has 0 aliphatic heterocycles. The molecule has 2 heteroatoms. The second-order valence-electron chi connectivity index (χ2n) is 3.72. The lowest BCUT2D eigenvalue weighted by atomic mass is 10.0. The molecule has 1 aromatic heterocycles. The summed E-state index contributed by atoms with van der Waals surface area (Å²) in [6.45, 7) is 3.99. The number of aryl methyl sites for hydroxylation is 1. The minimum atomic E-state index is 0.0840. The first-order chi connectivity index (χ1) is 6.66. The van der Waals surface area contributed by atoms with Crippen molar-refractivity contribution in [3.8, 4) is 0 Å². The van der Waals surface area contributed by atoms with Gasteiger partial charge in [0.2, 0.25) is 0 Å². The highest BCUT2D eigenvalue weighted by molar-refractivity contribution is 5.82. The fourth-order valence-corrected chi connectivity index (χ4v) is 1.55. The standard InChI is InChI=1S/C12H14N2/c1-8-5-11-4-3-10(9(2)13)6-12(11)7-14-8/h3-7,9H,13H2,1-2H3. The minimum absolute atomic E-state index is 0.0840. The molecule has 0 fully saturated rings. The molecular formula is C12H14N2. The molecule has 1 heterocycles. The van der Waals surface area contributed by atoms with Gasteiger partial charge in [0.15, 0.2) is 0 Å². The largest absolute Gasteiger partial charge is 0.324 e. The van der Waals surface area contributed by atoms with E-state index in [0.717, 1.165) is 16.6 Å². The van der Waals surface area contributed by atoms with Crippen LogP contribution in [0.25, 0.3) is 10.8 Å². The molecule has 0 radical (unpaired) electrons. The molecule has 0 amide bonds. The van der Waals surface area contributed by atoms with Gasteiger partial charge in [-0.05, 0) is 36.9 Å². The molecule has 2 rings (SSSR count). The molecule has 2 nitrogen and oxygen atoms in total. The molecule has 1 atom stereocenters. The Morgan fingerprint density at radius 3 is 2.71 bits per heavy atom. The van der Waals surface area contributed by atoms with Crippen LogP contribution < -0.4 is 5.73 Å². The van der Waals surface area contributed by atoms with Gasteiger partial charge in [-0.1, -0.05) is 12.1 Å². The van der Waals surface area contributed by atoms with Gasteiger partial charge in [-0.3, -0.25) is 4.98 Å². The second-order valence-corrected chi connectivity index (χ2v) is 3.72. The normalized spacial score (nSPS) is 13.1. The Balaban J connectivity index is 2.62. The van der Waals surface area contributed by atoms with Crippen molar-refractivity contribution in [2.45, 2.75) is 19.9 Å². The van der Waals surface area contributed by atoms with E-state index in [1.807, 2.05) is 20.0 Å². The summed E-state index contributed by atoms with van der Waals surface area (Å²) in [4.78, 5) is 4.27. The Hall–Kier alpha value is -1.41. The van der Waals surface area contributed by atoms with Gasteiger partial charge >= 0.3 is 0 Å². The lowest BCUT2D eigenvalue weighted by Crippen LogP contribution is -2.04. The van der Waals surface area contributed by atoms with Gasteiger partial charge in [-0.2, -0.15) is 0 Å². The number of aromatic nitrogens is 1. The van der Waals surface area contributed by atoms with Crippen molar-refractivity contribution >= 4 is 10.8 Å². The number of nitrogens with two attached hydrogens (primary N) is 1. The van der Waals surface area contributed by atoms with Gasteiger partial charge in [-0.15, -0.1) is 0 Å². The van der Waals surface area contributed by atoms with Crippen LogP contribution in [0.3, 0.4) is 0 Å². The van der Waals surface area contributed by atoms with Gasteiger partial charge in [0.25, 0.3) is 0 Å². The quantitative estimate of drug-likeness (QED) is 0.743. The average Bonchev–Trinajstić information content (AvgIpc) is 2.16. The zero-order valence-corrected chi connectivity index (χ0v) is 8.49. The van der Waals surface area contributed by atoms with E-state index in [2.05, 4.69) is 29.2 Å². The Morgan fingerprint density at radius 1 is 1.21 bits per heavy atom. The topological polar surface area (TPSA) is 38.9 Å². The van der Waals surface area contributed by atoms with Crippen molar-refractivity contribution in [2.75, 3.05) is 0 Å². The highest BCUT2D eigenvalue weighted by Gasteiger charge is 2.00. The molecule has 0 saturated heterocycles. The van der Waals surface area contributed by atoms with E-state index >= 15 is 0 Å². The fourth-order valence-electron chi connectivity index (χ4n) is 1.55. The number of nitrogens with zero attached hydrogens (tertiary/aromatic N) is 1. The van der Waals surface area contributed by atoms with Gasteiger partial charge in [0.1, 0.15) is 0 Å². The maximum Gasteiger partial charge on any atom is 0.0379 e. The van der Waals surface area contributed by atoms with Crippen LogP contribution in [-0.4, -0.2) is 4.98 Å². The SMILES string of the molecule is Cc1cc2ccc(C(C)N)cc2cn1. The lowest BCUT2D eigenvalue weighted by molar-refractivity contribution is 0.820. The predicted molar refractivity (Wildman–Crippen MR) is 59.1 cm³/mol. The second kappa shape index (κ2) is 3.39. The number of hydrogen-bond acceptors (Lipinski definition) is 2. The van der Waals surface area contributed by atoms with E-state index in [1.165, 1.54) is 5.39 Å². The molecule has 1 unspecified atom stereocenters. The van der Waals surface area contributed by atoms with Crippen LogP contribution in [0.4, 0.5) is 0 Å². The van der Waals surface area contributed by atoms with Crippen LogP contribution in [-0.2, 0) is 0 Å². The summed E-state index contributed by atoms with van der Waals surface area (Å²) >= 11 is 0. The number of fused-ring (bicyclic) bond motifs is 1. The molecule has 1 aromatic carbocycles. The summed E-state index contributed by atoms with van der Waals surface area (Å²) in [7, 11) is 0. The molecule has 0 bridgehead atoms. The van der Waals surface area contributed by atoms with Gasteiger partial charge in [0, 0.05) is 23.3 Å². The zero-order chi connectivity index (χ0) is 10.1. The van der Waals surface area contributed by atoms with Crippen molar-refractivity contribution in [1.82, 2.24) is 4.98 Å². The zero-order valence-electron chi connectivity index (χ0n) is 8.49. The molecule has 14 heavy (non-hydrogen) atoms. The first kappa shape index (κ1) is 9.16. The summed E-state index contributed by atoms with van der Waals surface area (Å²) in [5, 5.41) is 2.38. The van der Waals surface area contributed by atoms with Crippen LogP contribution in [0.5, 0.6) is 0 Å². The highest BCUT2D eigenvalue weighted by Crippen LogP contribution is 2.18. The average molecular weight is 186 g/mol. The molecule has 0 spiro atoms. The fraction of sp³-hybridized carbons (Fsp3) is 0.250. The van der Waals surface area contributed by atoms with Crippen LogP contribution in [0.1, 0.15) is 24.2 Å². The third-order valence-electron chi connectivity index (χ3n) is 2.41. The smallest absolute Gasteiger partial charge is 0.0379 e. The summed E-state index contributed by atoms with van der Waals surface area (Å²) in [5.41, 5.74) is 8.02. The number of hydrogen-bond donors (Lipinski definition) is 1. The maximum atomic E-state index is 5.81. The molecule has 72 valence electrons. The van der Waals surface area contributed by atoms with Gasteiger partial charge < -0.3 is 5.73 Å². The van der Waals surface area contributed by atoms with Gasteiger partial charge in [-0.25, -0.2) is 0 Å². The van der Waals surface area contributed by atoms with Crippen LogP contribution in [0, 0.1) is 6.92 Å². The van der Waals surface area contributed by atoms with Crippen molar-refractivity contribution in [1.29, 1.82) is 0 Å². The first-order valence-electron chi connectivity index (χ1n) is 4.79. The highest BCUT2D eigenvalue weighted by atomic mass is 14.7. The number of pyridine rings is 1. The number of benzene rings is 1. The van der Waals surface area contributed by atoms with E-state index in [-0.39, 0.29) is 6.04 Å². The molecule has 0 saturated carbocycles. The molecule has 2 N–H and O–H groups in total. The Kier molecular flexibility index (Phi) is 2.22. The summed E-state index contributed by atoms with van der Waals surface area (Å²) in [6, 6.07) is 8.45. The van der Waals surface area contributed by atoms with Crippen LogP contribution in [0.2, 0.25) is 0 Å². The van der Waals surface area contributed by atoms with Crippen molar-refractivity contribution in [2.24, 2.45) is 5.73 Å². The van der Waals surface area contributed by atoms with Crippen molar-refractivity contribution in [3.63, 3.8) is 0 Å². The van der Waals surface area contributed by atoms with E-state index in [0.29, 0.717) is 0 Å². The predicted octanol–water partition coefficient (Wildman–Crippen LogP) is 2.56. The van der Waals surface area contributed by atoms with E-state index in [9.17, 15) is 0 Å². The third-order valence-corrected chi connectivity index (χ3v) is 2.41. The molecular weight excluding hydrogens is 172 g/mol. The summed E-state index contributed by atoms with van der Waals surface area (Å²) in [6.07, 6.45) is 1.90. The van der Waals surface area contributed by atoms with Crippen molar-refractivity contribution < 1.29 is 0 Å². The van der Waals surface area contributed by atoms with E-state index < -0.39 is 0 Å². The summed E-state index contributed by atoms with van der Waals surface area (Å²) in [5.74, 6) is 0. The molecule has 0 aliphatic carbocycles. The number of rotatable bonds is 1. The monoisotopic (exact) mass is 186 g/mol. The van der Waals surface area contributed by atoms with Crippen molar-refractivity contribution in [3.05, 3.63) is 41.7 Å². The van der Waals surface area contributed by atoms with Crippen LogP contribution >= 0.6 is 0 Å². The third kappa shape index (κ3) is 1.61. The molecule has 2 aromatic rings. The maximum absolute atomic E-state index is 5.81. The Bertz CT molecular complexity index is 461. The minimum Gasteiger partial charge on any atom is -0.324 e. The summed E-state index contributed by atoms with van der Waals surface area (Å²) < 4.78 is 0. The first-order valence-corrected chi connectivity index (χ1v) is 4.79. The lowest BCUT2D eigenvalue weighted by Gasteiger charge is -2.06. The van der Waals surface area contributed by atoms with E-state index in [1.54, 1.807) is 0 Å².